The van der Waals surface area contributed by atoms with Crippen LogP contribution < -0.4 is 14.8 Å². The van der Waals surface area contributed by atoms with E-state index in [0.717, 1.165) is 6.07 Å². The van der Waals surface area contributed by atoms with Gasteiger partial charge in [0.05, 0.1) is 17.9 Å². The van der Waals surface area contributed by atoms with Crippen LogP contribution in [0.3, 0.4) is 0 Å². The molecule has 0 heterocycles. The molecule has 0 aromatic heterocycles. The number of alkyl halides is 3. The van der Waals surface area contributed by atoms with Crippen molar-refractivity contribution in [3.05, 3.63) is 54.1 Å². The van der Waals surface area contributed by atoms with Gasteiger partial charge in [0.25, 0.3) is 5.91 Å². The molecule has 7 heteroatoms. The van der Waals surface area contributed by atoms with Crippen molar-refractivity contribution in [2.24, 2.45) is 0 Å². The second-order valence-electron chi connectivity index (χ2n) is 4.76. The highest BCUT2D eigenvalue weighted by atomic mass is 19.4. The number of rotatable bonds is 6. The standard InChI is InChI=1S/C17H16F3NO3/c1-2-23-15-10-6-4-8-13(15)21-16(22)11-24-14-9-5-3-7-12(14)17(18,19)20/h3-10H,2,11H2,1H3,(H,21,22). The molecule has 1 amide bonds. The fourth-order valence-corrected chi connectivity index (χ4v) is 2.01. The number of amides is 1. The molecule has 0 aliphatic heterocycles. The van der Waals surface area contributed by atoms with Crippen molar-refractivity contribution in [3.8, 4) is 11.5 Å². The van der Waals surface area contributed by atoms with Crippen molar-refractivity contribution in [1.29, 1.82) is 0 Å². The predicted octanol–water partition coefficient (Wildman–Crippen LogP) is 4.12. The third kappa shape index (κ3) is 4.65. The van der Waals surface area contributed by atoms with E-state index in [2.05, 4.69) is 5.32 Å². The van der Waals surface area contributed by atoms with E-state index >= 15 is 0 Å². The zero-order chi connectivity index (χ0) is 17.6. The summed E-state index contributed by atoms with van der Waals surface area (Å²) in [7, 11) is 0. The van der Waals surface area contributed by atoms with Crippen LogP contribution in [0.1, 0.15) is 12.5 Å². The number of hydrogen-bond donors (Lipinski definition) is 1. The summed E-state index contributed by atoms with van der Waals surface area (Å²) >= 11 is 0. The maximum atomic E-state index is 12.9. The molecule has 0 spiro atoms. The molecule has 0 aliphatic rings. The lowest BCUT2D eigenvalue weighted by Crippen LogP contribution is -2.21. The van der Waals surface area contributed by atoms with E-state index in [1.807, 2.05) is 0 Å². The highest BCUT2D eigenvalue weighted by Crippen LogP contribution is 2.35. The van der Waals surface area contributed by atoms with E-state index < -0.39 is 30.0 Å². The van der Waals surface area contributed by atoms with E-state index in [9.17, 15) is 18.0 Å². The van der Waals surface area contributed by atoms with Crippen molar-refractivity contribution in [3.63, 3.8) is 0 Å². The largest absolute Gasteiger partial charge is 0.492 e. The average Bonchev–Trinajstić information content (AvgIpc) is 2.54. The quantitative estimate of drug-likeness (QED) is 0.861. The van der Waals surface area contributed by atoms with Crippen LogP contribution in [0.25, 0.3) is 0 Å². The third-order valence-electron chi connectivity index (χ3n) is 3.01. The van der Waals surface area contributed by atoms with Crippen molar-refractivity contribution in [2.75, 3.05) is 18.5 Å². The van der Waals surface area contributed by atoms with Crippen molar-refractivity contribution >= 4 is 11.6 Å². The highest BCUT2D eigenvalue weighted by Gasteiger charge is 2.34. The molecular weight excluding hydrogens is 323 g/mol. The number of benzene rings is 2. The van der Waals surface area contributed by atoms with Crippen LogP contribution in [0.5, 0.6) is 11.5 Å². The minimum atomic E-state index is -4.55. The molecule has 0 bridgehead atoms. The number of ether oxygens (including phenoxy) is 2. The molecule has 24 heavy (non-hydrogen) atoms. The topological polar surface area (TPSA) is 47.6 Å². The molecule has 4 nitrogen and oxygen atoms in total. The summed E-state index contributed by atoms with van der Waals surface area (Å²) in [4.78, 5) is 11.9. The van der Waals surface area contributed by atoms with Gasteiger partial charge in [-0.15, -0.1) is 0 Å². The van der Waals surface area contributed by atoms with Gasteiger partial charge in [0.2, 0.25) is 0 Å². The molecule has 2 rings (SSSR count). The second-order valence-corrected chi connectivity index (χ2v) is 4.76. The Morgan fingerprint density at radius 2 is 1.62 bits per heavy atom. The third-order valence-corrected chi connectivity index (χ3v) is 3.01. The molecule has 0 saturated heterocycles. The van der Waals surface area contributed by atoms with E-state index in [-0.39, 0.29) is 0 Å². The minimum absolute atomic E-state index is 0.391. The fourth-order valence-electron chi connectivity index (χ4n) is 2.01. The molecule has 128 valence electrons. The lowest BCUT2D eigenvalue weighted by atomic mass is 10.2. The van der Waals surface area contributed by atoms with E-state index in [1.165, 1.54) is 18.2 Å². The van der Waals surface area contributed by atoms with Crippen LogP contribution in [0, 0.1) is 0 Å². The van der Waals surface area contributed by atoms with Crippen LogP contribution in [0.4, 0.5) is 18.9 Å². The molecule has 2 aromatic rings. The number of para-hydroxylation sites is 3. The van der Waals surface area contributed by atoms with Crippen LogP contribution >= 0.6 is 0 Å². The summed E-state index contributed by atoms with van der Waals surface area (Å²) in [6, 6.07) is 11.5. The first-order valence-electron chi connectivity index (χ1n) is 7.22. The van der Waals surface area contributed by atoms with Crippen molar-refractivity contribution in [2.45, 2.75) is 13.1 Å². The number of carbonyl (C=O) groups is 1. The van der Waals surface area contributed by atoms with E-state index in [4.69, 9.17) is 9.47 Å². The van der Waals surface area contributed by atoms with Crippen molar-refractivity contribution < 1.29 is 27.4 Å². The lowest BCUT2D eigenvalue weighted by Gasteiger charge is -2.14. The SMILES string of the molecule is CCOc1ccccc1NC(=O)COc1ccccc1C(F)(F)F. The lowest BCUT2D eigenvalue weighted by molar-refractivity contribution is -0.139. The normalized spacial score (nSPS) is 11.0. The maximum Gasteiger partial charge on any atom is 0.419 e. The Labute approximate surface area is 137 Å². The van der Waals surface area contributed by atoms with Crippen LogP contribution in [0.2, 0.25) is 0 Å². The fraction of sp³-hybridized carbons (Fsp3) is 0.235. The summed E-state index contributed by atoms with van der Waals surface area (Å²) < 4.78 is 49.0. The number of hydrogen-bond acceptors (Lipinski definition) is 3. The summed E-state index contributed by atoms with van der Waals surface area (Å²) in [6.45, 7) is 1.67. The Balaban J connectivity index is 2.02. The van der Waals surface area contributed by atoms with Gasteiger partial charge in [0.1, 0.15) is 11.5 Å². The summed E-state index contributed by atoms with van der Waals surface area (Å²) in [5, 5.41) is 2.55. The number of halogens is 3. The van der Waals surface area contributed by atoms with Gasteiger partial charge in [-0.1, -0.05) is 24.3 Å². The monoisotopic (exact) mass is 339 g/mol. The molecule has 2 aromatic carbocycles. The zero-order valence-corrected chi connectivity index (χ0v) is 12.9. The zero-order valence-electron chi connectivity index (χ0n) is 12.9. The maximum absolute atomic E-state index is 12.9. The molecule has 0 aliphatic carbocycles. The van der Waals surface area contributed by atoms with Gasteiger partial charge in [-0.2, -0.15) is 13.2 Å². The summed E-state index contributed by atoms with van der Waals surface area (Å²) in [6.07, 6.45) is -4.55. The molecule has 0 fully saturated rings. The predicted molar refractivity (Wildman–Crippen MR) is 83.2 cm³/mol. The van der Waals surface area contributed by atoms with Gasteiger partial charge in [0.15, 0.2) is 6.61 Å². The van der Waals surface area contributed by atoms with Gasteiger partial charge in [-0.3, -0.25) is 4.79 Å². The first-order chi connectivity index (χ1) is 11.4. The van der Waals surface area contributed by atoms with Gasteiger partial charge in [-0.25, -0.2) is 0 Å². The van der Waals surface area contributed by atoms with Gasteiger partial charge in [0, 0.05) is 0 Å². The first kappa shape index (κ1) is 17.7. The molecule has 0 saturated carbocycles. The molecule has 0 unspecified atom stereocenters. The number of nitrogens with one attached hydrogen (secondary N) is 1. The summed E-state index contributed by atoms with van der Waals surface area (Å²) in [5.41, 5.74) is -0.496. The highest BCUT2D eigenvalue weighted by molar-refractivity contribution is 5.93. The Bertz CT molecular complexity index is 701. The summed E-state index contributed by atoms with van der Waals surface area (Å²) in [5.74, 6) is -0.499. The Hall–Kier alpha value is -2.70. The minimum Gasteiger partial charge on any atom is -0.492 e. The van der Waals surface area contributed by atoms with E-state index in [1.54, 1.807) is 31.2 Å². The number of carbonyl (C=O) groups excluding carboxylic acids is 1. The molecular formula is C17H16F3NO3. The van der Waals surface area contributed by atoms with Crippen LogP contribution in [0.15, 0.2) is 48.5 Å². The molecule has 0 radical (unpaired) electrons. The van der Waals surface area contributed by atoms with Gasteiger partial charge in [-0.05, 0) is 31.2 Å². The smallest absolute Gasteiger partial charge is 0.419 e. The average molecular weight is 339 g/mol. The first-order valence-corrected chi connectivity index (χ1v) is 7.22. The van der Waals surface area contributed by atoms with E-state index in [0.29, 0.717) is 18.0 Å². The molecule has 1 N–H and O–H groups in total. The van der Waals surface area contributed by atoms with Crippen LogP contribution in [-0.4, -0.2) is 19.1 Å². The Morgan fingerprint density at radius 1 is 1.00 bits per heavy atom. The van der Waals surface area contributed by atoms with Gasteiger partial charge < -0.3 is 14.8 Å². The second kappa shape index (κ2) is 7.72. The van der Waals surface area contributed by atoms with Crippen LogP contribution in [-0.2, 0) is 11.0 Å². The van der Waals surface area contributed by atoms with Gasteiger partial charge >= 0.3 is 6.18 Å². The molecule has 0 atom stereocenters. The Kier molecular flexibility index (Phi) is 5.68. The van der Waals surface area contributed by atoms with Crippen molar-refractivity contribution in [1.82, 2.24) is 0 Å². The number of anilines is 1. The Morgan fingerprint density at radius 3 is 2.29 bits per heavy atom.